The minimum absolute atomic E-state index is 0.101. The average Bonchev–Trinajstić information content (AvgIpc) is 3.27. The highest BCUT2D eigenvalue weighted by Crippen LogP contribution is 2.40. The Kier molecular flexibility index (Phi) is 7.78. The van der Waals surface area contributed by atoms with Gasteiger partial charge in [0.1, 0.15) is 0 Å². The molecule has 0 aliphatic heterocycles. The number of nitrogens with one attached hydrogen (secondary N) is 1. The molecular formula is C30H29NO4. The molecule has 1 heterocycles. The van der Waals surface area contributed by atoms with E-state index in [2.05, 4.69) is 4.98 Å². The van der Waals surface area contributed by atoms with Gasteiger partial charge in [0.2, 0.25) is 0 Å². The molecule has 0 amide bonds. The molecule has 0 fully saturated rings. The topological polar surface area (TPSA) is 68.4 Å². The third-order valence-electron chi connectivity index (χ3n) is 5.75. The van der Waals surface area contributed by atoms with E-state index in [1.54, 1.807) is 6.92 Å². The lowest BCUT2D eigenvalue weighted by Gasteiger charge is -2.16. The Bertz CT molecular complexity index is 1340. The highest BCUT2D eigenvalue weighted by Gasteiger charge is 2.31. The van der Waals surface area contributed by atoms with Crippen molar-refractivity contribution in [1.29, 1.82) is 0 Å². The van der Waals surface area contributed by atoms with Crippen LogP contribution in [0, 0.1) is 0 Å². The summed E-state index contributed by atoms with van der Waals surface area (Å²) in [5, 5.41) is 0.897. The maximum atomic E-state index is 13.4. The van der Waals surface area contributed by atoms with Crippen molar-refractivity contribution in [2.45, 2.75) is 26.7 Å². The second-order valence-electron chi connectivity index (χ2n) is 8.11. The summed E-state index contributed by atoms with van der Waals surface area (Å²) >= 11 is 0. The lowest BCUT2D eigenvalue weighted by atomic mass is 9.89. The zero-order valence-electron chi connectivity index (χ0n) is 20.0. The van der Waals surface area contributed by atoms with E-state index in [9.17, 15) is 9.59 Å². The molecular weight excluding hydrogens is 438 g/mol. The molecule has 1 N–H and O–H groups in total. The largest absolute Gasteiger partial charge is 0.462 e. The summed E-state index contributed by atoms with van der Waals surface area (Å²) in [6.07, 6.45) is 1.59. The van der Waals surface area contributed by atoms with Gasteiger partial charge in [-0.2, -0.15) is 0 Å². The van der Waals surface area contributed by atoms with Crippen molar-refractivity contribution in [3.63, 3.8) is 0 Å². The van der Waals surface area contributed by atoms with Crippen LogP contribution in [0.3, 0.4) is 0 Å². The number of hydrogen-bond donors (Lipinski definition) is 1. The van der Waals surface area contributed by atoms with Gasteiger partial charge in [0.05, 0.1) is 18.9 Å². The summed E-state index contributed by atoms with van der Waals surface area (Å²) in [5.74, 6) is -1.38. The van der Waals surface area contributed by atoms with Gasteiger partial charge >= 0.3 is 11.9 Å². The fourth-order valence-electron chi connectivity index (χ4n) is 4.11. The van der Waals surface area contributed by atoms with Crippen LogP contribution in [-0.4, -0.2) is 30.1 Å². The first-order valence-corrected chi connectivity index (χ1v) is 12.0. The fourth-order valence-corrected chi connectivity index (χ4v) is 4.11. The summed E-state index contributed by atoms with van der Waals surface area (Å²) in [6.45, 7) is 4.12. The van der Waals surface area contributed by atoms with E-state index in [1.165, 1.54) is 0 Å². The molecule has 178 valence electrons. The van der Waals surface area contributed by atoms with E-state index in [4.69, 9.17) is 9.47 Å². The van der Waals surface area contributed by atoms with Crippen molar-refractivity contribution in [3.05, 3.63) is 102 Å². The lowest BCUT2D eigenvalue weighted by Crippen LogP contribution is -2.21. The van der Waals surface area contributed by atoms with Gasteiger partial charge in [-0.15, -0.1) is 0 Å². The molecule has 4 rings (SSSR count). The molecule has 0 radical (unpaired) electrons. The number of esters is 2. The molecule has 5 heteroatoms. The number of para-hydroxylation sites is 1. The van der Waals surface area contributed by atoms with E-state index < -0.39 is 11.9 Å². The lowest BCUT2D eigenvalue weighted by molar-refractivity contribution is -0.146. The second kappa shape index (κ2) is 11.3. The van der Waals surface area contributed by atoms with Gasteiger partial charge in [0, 0.05) is 22.0 Å². The van der Waals surface area contributed by atoms with Crippen LogP contribution in [-0.2, 0) is 19.1 Å². The molecule has 3 aromatic carbocycles. The van der Waals surface area contributed by atoms with E-state index >= 15 is 0 Å². The Morgan fingerprint density at radius 3 is 2.09 bits per heavy atom. The number of aromatic nitrogens is 1. The molecule has 5 nitrogen and oxygen atoms in total. The summed E-state index contributed by atoms with van der Waals surface area (Å²) in [6, 6.07) is 27.2. The monoisotopic (exact) mass is 467 g/mol. The number of carbonyl (C=O) groups excluding carboxylic acids is 2. The van der Waals surface area contributed by atoms with Gasteiger partial charge in [-0.05, 0) is 30.5 Å². The van der Waals surface area contributed by atoms with Crippen molar-refractivity contribution in [1.82, 2.24) is 4.98 Å². The van der Waals surface area contributed by atoms with Crippen LogP contribution < -0.4 is 0 Å². The minimum atomic E-state index is -0.697. The quantitative estimate of drug-likeness (QED) is 0.0997. The summed E-state index contributed by atoms with van der Waals surface area (Å²) in [5.41, 5.74) is 4.53. The van der Waals surface area contributed by atoms with Gasteiger partial charge < -0.3 is 14.5 Å². The zero-order valence-corrected chi connectivity index (χ0v) is 20.0. The third kappa shape index (κ3) is 5.19. The first-order valence-electron chi connectivity index (χ1n) is 12.0. The Morgan fingerprint density at radius 1 is 0.771 bits per heavy atom. The first kappa shape index (κ1) is 24.0. The number of benzene rings is 3. The molecule has 0 unspecified atom stereocenters. The van der Waals surface area contributed by atoms with E-state index in [0.29, 0.717) is 12.0 Å². The number of H-pyrrole nitrogens is 1. The number of ether oxygens (including phenoxy) is 2. The van der Waals surface area contributed by atoms with Crippen molar-refractivity contribution in [3.8, 4) is 11.3 Å². The first-order chi connectivity index (χ1) is 17.2. The molecule has 0 atom stereocenters. The number of carbonyl (C=O) groups is 2. The van der Waals surface area contributed by atoms with Crippen LogP contribution >= 0.6 is 0 Å². The Hall–Kier alpha value is -4.12. The molecule has 0 bridgehead atoms. The number of rotatable bonds is 9. The average molecular weight is 468 g/mol. The van der Waals surface area contributed by atoms with E-state index in [0.717, 1.165) is 39.7 Å². The van der Waals surface area contributed by atoms with Gasteiger partial charge in [0.15, 0.2) is 5.57 Å². The maximum absolute atomic E-state index is 13.4. The van der Waals surface area contributed by atoms with Crippen LogP contribution in [0.4, 0.5) is 0 Å². The van der Waals surface area contributed by atoms with Crippen LogP contribution in [0.1, 0.15) is 37.8 Å². The molecule has 4 aromatic rings. The summed E-state index contributed by atoms with van der Waals surface area (Å²) in [4.78, 5) is 30.3. The standard InChI is InChI=1S/C30H29NO4/c1-3-5-20-35-30(33)27(29(32)34-4-2)25(21-14-8-6-9-15-21)26-23-18-12-13-19-24(23)31-28(26)22-16-10-7-11-17-22/h6-19,31H,3-5,20H2,1-2H3/b27-25-. The highest BCUT2D eigenvalue weighted by atomic mass is 16.6. The normalized spacial score (nSPS) is 11.7. The molecule has 0 aliphatic carbocycles. The molecule has 1 aromatic heterocycles. The van der Waals surface area contributed by atoms with Crippen molar-refractivity contribution in [2.75, 3.05) is 13.2 Å². The predicted molar refractivity (Wildman–Crippen MR) is 139 cm³/mol. The Balaban J connectivity index is 2.08. The van der Waals surface area contributed by atoms with Crippen LogP contribution in [0.2, 0.25) is 0 Å². The van der Waals surface area contributed by atoms with Crippen molar-refractivity contribution in [2.24, 2.45) is 0 Å². The number of hydrogen-bond acceptors (Lipinski definition) is 4. The van der Waals surface area contributed by atoms with Crippen LogP contribution in [0.5, 0.6) is 0 Å². The number of fused-ring (bicyclic) bond motifs is 1. The molecule has 0 spiro atoms. The van der Waals surface area contributed by atoms with Crippen LogP contribution in [0.15, 0.2) is 90.5 Å². The predicted octanol–water partition coefficient (Wildman–Crippen LogP) is 6.54. The summed E-state index contributed by atoms with van der Waals surface area (Å²) in [7, 11) is 0. The van der Waals surface area contributed by atoms with Gasteiger partial charge in [-0.1, -0.05) is 92.2 Å². The zero-order chi connectivity index (χ0) is 24.6. The molecule has 0 saturated heterocycles. The molecule has 35 heavy (non-hydrogen) atoms. The Morgan fingerprint density at radius 2 is 1.40 bits per heavy atom. The van der Waals surface area contributed by atoms with Crippen molar-refractivity contribution < 1.29 is 19.1 Å². The minimum Gasteiger partial charge on any atom is -0.462 e. The molecule has 0 aliphatic rings. The van der Waals surface area contributed by atoms with Gasteiger partial charge in [-0.25, -0.2) is 9.59 Å². The fraction of sp³-hybridized carbons (Fsp3) is 0.200. The SMILES string of the molecule is CCCCOC(=O)/C(C(=O)OCC)=C(/c1ccccc1)c1c(-c2ccccc2)[nH]c2ccccc12. The smallest absolute Gasteiger partial charge is 0.346 e. The number of unbranched alkanes of at least 4 members (excludes halogenated alkanes) is 1. The third-order valence-corrected chi connectivity index (χ3v) is 5.75. The van der Waals surface area contributed by atoms with E-state index in [-0.39, 0.29) is 18.8 Å². The van der Waals surface area contributed by atoms with Crippen molar-refractivity contribution >= 4 is 28.4 Å². The highest BCUT2D eigenvalue weighted by molar-refractivity contribution is 6.24. The van der Waals surface area contributed by atoms with Gasteiger partial charge in [0.25, 0.3) is 0 Å². The van der Waals surface area contributed by atoms with Gasteiger partial charge in [-0.3, -0.25) is 0 Å². The van der Waals surface area contributed by atoms with Crippen LogP contribution in [0.25, 0.3) is 27.7 Å². The Labute approximate surface area is 205 Å². The second-order valence-corrected chi connectivity index (χ2v) is 8.11. The molecule has 0 saturated carbocycles. The van der Waals surface area contributed by atoms with E-state index in [1.807, 2.05) is 91.9 Å². The maximum Gasteiger partial charge on any atom is 0.346 e. The number of aromatic amines is 1. The summed E-state index contributed by atoms with van der Waals surface area (Å²) < 4.78 is 10.9.